The number of hydrogen-bond acceptors (Lipinski definition) is 2. The second-order valence-electron chi connectivity index (χ2n) is 5.59. The molecule has 1 aliphatic heterocycles. The van der Waals surface area contributed by atoms with Gasteiger partial charge in [-0.2, -0.15) is 0 Å². The Morgan fingerprint density at radius 3 is 2.94 bits per heavy atom. The molecule has 0 aromatic heterocycles. The highest BCUT2D eigenvalue weighted by molar-refractivity contribution is 5.79. The number of rotatable bonds is 3. The summed E-state index contributed by atoms with van der Waals surface area (Å²) in [5.74, 6) is 1.35. The van der Waals surface area contributed by atoms with E-state index in [-0.39, 0.29) is 11.8 Å². The molecule has 3 nitrogen and oxygen atoms in total. The van der Waals surface area contributed by atoms with Crippen LogP contribution in [0, 0.1) is 11.8 Å². The molecule has 0 bridgehead atoms. The summed E-state index contributed by atoms with van der Waals surface area (Å²) < 4.78 is 0. The van der Waals surface area contributed by atoms with Crippen LogP contribution in [0.25, 0.3) is 0 Å². The first kappa shape index (κ1) is 11.7. The number of benzene rings is 1. The minimum atomic E-state index is 0.153. The quantitative estimate of drug-likeness (QED) is 0.841. The number of nitrogens with one attached hydrogen (secondary N) is 2. The Kier molecular flexibility index (Phi) is 3.08. The van der Waals surface area contributed by atoms with E-state index in [1.807, 2.05) is 0 Å². The van der Waals surface area contributed by atoms with Crippen LogP contribution in [-0.4, -0.2) is 25.5 Å². The summed E-state index contributed by atoms with van der Waals surface area (Å²) in [5, 5.41) is 6.39. The van der Waals surface area contributed by atoms with E-state index in [0.29, 0.717) is 11.8 Å². The first-order valence-corrected chi connectivity index (χ1v) is 6.82. The van der Waals surface area contributed by atoms with E-state index < -0.39 is 0 Å². The molecule has 0 saturated carbocycles. The van der Waals surface area contributed by atoms with Gasteiger partial charge in [-0.25, -0.2) is 0 Å². The van der Waals surface area contributed by atoms with Crippen molar-refractivity contribution >= 4 is 5.91 Å². The molecule has 1 aromatic carbocycles. The highest BCUT2D eigenvalue weighted by atomic mass is 16.1. The molecule has 2 aliphatic rings. The van der Waals surface area contributed by atoms with Gasteiger partial charge in [-0.15, -0.1) is 0 Å². The van der Waals surface area contributed by atoms with E-state index in [2.05, 4.69) is 41.8 Å². The van der Waals surface area contributed by atoms with Crippen molar-refractivity contribution in [2.75, 3.05) is 19.6 Å². The summed E-state index contributed by atoms with van der Waals surface area (Å²) in [6, 6.07) is 8.52. The Morgan fingerprint density at radius 2 is 2.22 bits per heavy atom. The van der Waals surface area contributed by atoms with Crippen LogP contribution < -0.4 is 10.6 Å². The Balaban J connectivity index is 1.53. The molecule has 1 aromatic rings. The zero-order chi connectivity index (χ0) is 12.5. The molecule has 0 radical (unpaired) electrons. The van der Waals surface area contributed by atoms with Crippen LogP contribution in [0.3, 0.4) is 0 Å². The fraction of sp³-hybridized carbons (Fsp3) is 0.533. The predicted octanol–water partition coefficient (Wildman–Crippen LogP) is 1.30. The van der Waals surface area contributed by atoms with Crippen LogP contribution in [-0.2, 0) is 11.2 Å². The number of amides is 1. The lowest BCUT2D eigenvalue weighted by atomic mass is 9.77. The van der Waals surface area contributed by atoms with Crippen molar-refractivity contribution in [1.29, 1.82) is 0 Å². The molecule has 1 heterocycles. The third kappa shape index (κ3) is 2.03. The Labute approximate surface area is 108 Å². The maximum absolute atomic E-state index is 12.1. The van der Waals surface area contributed by atoms with E-state index in [1.165, 1.54) is 11.1 Å². The van der Waals surface area contributed by atoms with Gasteiger partial charge in [-0.05, 0) is 30.0 Å². The third-order valence-electron chi connectivity index (χ3n) is 4.34. The summed E-state index contributed by atoms with van der Waals surface area (Å²) in [6.45, 7) is 4.72. The van der Waals surface area contributed by atoms with Gasteiger partial charge < -0.3 is 10.6 Å². The van der Waals surface area contributed by atoms with Crippen LogP contribution in [0.4, 0.5) is 0 Å². The number of carbonyl (C=O) groups excluding carboxylic acids is 1. The van der Waals surface area contributed by atoms with Crippen molar-refractivity contribution < 1.29 is 4.79 Å². The number of fused-ring (bicyclic) bond motifs is 1. The molecule has 3 atom stereocenters. The molecule has 2 N–H and O–H groups in total. The molecule has 0 spiro atoms. The maximum atomic E-state index is 12.1. The maximum Gasteiger partial charge on any atom is 0.224 e. The zero-order valence-electron chi connectivity index (χ0n) is 10.8. The molecule has 1 amide bonds. The molecule has 1 aliphatic carbocycles. The number of hydrogen-bond donors (Lipinski definition) is 2. The average Bonchev–Trinajstić information content (AvgIpc) is 2.76. The van der Waals surface area contributed by atoms with E-state index >= 15 is 0 Å². The summed E-state index contributed by atoms with van der Waals surface area (Å²) in [6.07, 6.45) is 1.11. The highest BCUT2D eigenvalue weighted by Crippen LogP contribution is 2.34. The Morgan fingerprint density at radius 1 is 1.39 bits per heavy atom. The Bertz CT molecular complexity index is 458. The predicted molar refractivity (Wildman–Crippen MR) is 71.4 cm³/mol. The lowest BCUT2D eigenvalue weighted by Gasteiger charge is -2.30. The summed E-state index contributed by atoms with van der Waals surface area (Å²) in [4.78, 5) is 12.1. The summed E-state index contributed by atoms with van der Waals surface area (Å²) in [7, 11) is 0. The number of carbonyl (C=O) groups is 1. The SMILES string of the molecule is C[C@@H]1CNC[C@H]1C(=O)NCC1Cc2ccccc21. The van der Waals surface area contributed by atoms with Crippen molar-refractivity contribution in [2.45, 2.75) is 19.3 Å². The largest absolute Gasteiger partial charge is 0.355 e. The van der Waals surface area contributed by atoms with E-state index in [9.17, 15) is 4.79 Å². The van der Waals surface area contributed by atoms with E-state index in [0.717, 1.165) is 26.1 Å². The minimum Gasteiger partial charge on any atom is -0.355 e. The Hall–Kier alpha value is -1.35. The molecular weight excluding hydrogens is 224 g/mol. The van der Waals surface area contributed by atoms with Gasteiger partial charge in [0.2, 0.25) is 5.91 Å². The van der Waals surface area contributed by atoms with E-state index in [4.69, 9.17) is 0 Å². The molecule has 1 fully saturated rings. The molecule has 1 saturated heterocycles. The highest BCUT2D eigenvalue weighted by Gasteiger charge is 2.31. The van der Waals surface area contributed by atoms with Crippen molar-refractivity contribution in [3.63, 3.8) is 0 Å². The fourth-order valence-corrected chi connectivity index (χ4v) is 3.06. The van der Waals surface area contributed by atoms with Gasteiger partial charge in [-0.3, -0.25) is 4.79 Å². The van der Waals surface area contributed by atoms with Gasteiger partial charge in [0.05, 0.1) is 5.92 Å². The van der Waals surface area contributed by atoms with Crippen LogP contribution in [0.2, 0.25) is 0 Å². The zero-order valence-corrected chi connectivity index (χ0v) is 10.8. The smallest absolute Gasteiger partial charge is 0.224 e. The fourth-order valence-electron chi connectivity index (χ4n) is 3.06. The molecule has 18 heavy (non-hydrogen) atoms. The first-order chi connectivity index (χ1) is 8.75. The van der Waals surface area contributed by atoms with Crippen LogP contribution in [0.15, 0.2) is 24.3 Å². The first-order valence-electron chi connectivity index (χ1n) is 6.82. The average molecular weight is 244 g/mol. The van der Waals surface area contributed by atoms with Gasteiger partial charge in [0.25, 0.3) is 0 Å². The second kappa shape index (κ2) is 4.73. The van der Waals surface area contributed by atoms with Gasteiger partial charge >= 0.3 is 0 Å². The lowest BCUT2D eigenvalue weighted by molar-refractivity contribution is -0.125. The molecule has 3 rings (SSSR count). The normalized spacial score (nSPS) is 29.5. The van der Waals surface area contributed by atoms with Gasteiger partial charge in [0.1, 0.15) is 0 Å². The summed E-state index contributed by atoms with van der Waals surface area (Å²) >= 11 is 0. The summed E-state index contributed by atoms with van der Waals surface area (Å²) in [5.41, 5.74) is 2.85. The monoisotopic (exact) mass is 244 g/mol. The minimum absolute atomic E-state index is 0.153. The standard InChI is InChI=1S/C15H20N2O/c1-10-7-16-9-14(10)15(18)17-8-12-6-11-4-2-3-5-13(11)12/h2-5,10,12,14,16H,6-9H2,1H3,(H,17,18)/t10-,12?,14-/m1/s1. The third-order valence-corrected chi connectivity index (χ3v) is 4.34. The topological polar surface area (TPSA) is 41.1 Å². The van der Waals surface area contributed by atoms with Gasteiger partial charge in [0, 0.05) is 19.0 Å². The molecule has 96 valence electrons. The van der Waals surface area contributed by atoms with Crippen LogP contribution in [0.1, 0.15) is 24.0 Å². The van der Waals surface area contributed by atoms with Crippen LogP contribution in [0.5, 0.6) is 0 Å². The second-order valence-corrected chi connectivity index (χ2v) is 5.59. The van der Waals surface area contributed by atoms with Crippen molar-refractivity contribution in [1.82, 2.24) is 10.6 Å². The van der Waals surface area contributed by atoms with Crippen molar-refractivity contribution in [3.8, 4) is 0 Å². The van der Waals surface area contributed by atoms with Crippen molar-refractivity contribution in [3.05, 3.63) is 35.4 Å². The lowest BCUT2D eigenvalue weighted by Crippen LogP contribution is -2.38. The molecule has 1 unspecified atom stereocenters. The molecular formula is C15H20N2O. The van der Waals surface area contributed by atoms with Gasteiger partial charge in [-0.1, -0.05) is 31.2 Å². The van der Waals surface area contributed by atoms with E-state index in [1.54, 1.807) is 0 Å². The van der Waals surface area contributed by atoms with Gasteiger partial charge in [0.15, 0.2) is 0 Å². The van der Waals surface area contributed by atoms with Crippen molar-refractivity contribution in [2.24, 2.45) is 11.8 Å². The molecule has 3 heteroatoms. The van der Waals surface area contributed by atoms with Crippen LogP contribution >= 0.6 is 0 Å².